The van der Waals surface area contributed by atoms with Gasteiger partial charge >= 0.3 is 6.03 Å². The van der Waals surface area contributed by atoms with Crippen molar-refractivity contribution in [3.8, 4) is 5.69 Å². The third-order valence-electron chi connectivity index (χ3n) is 2.67. The molecule has 0 fully saturated rings. The predicted molar refractivity (Wildman–Crippen MR) is 74.1 cm³/mol. The molecule has 0 spiro atoms. The van der Waals surface area contributed by atoms with Gasteiger partial charge in [0.25, 0.3) is 0 Å². The molecule has 2 N–H and O–H groups in total. The average Bonchev–Trinajstić information content (AvgIpc) is 2.65. The van der Waals surface area contributed by atoms with E-state index in [4.69, 9.17) is 5.73 Å². The zero-order chi connectivity index (χ0) is 13.3. The number of aryl methyl sites for hydroxylation is 1. The van der Waals surface area contributed by atoms with Crippen molar-refractivity contribution in [3.05, 3.63) is 41.7 Å². The molecule has 0 aliphatic heterocycles. The van der Waals surface area contributed by atoms with Gasteiger partial charge in [-0.3, -0.25) is 0 Å². The molecule has 94 valence electrons. The van der Waals surface area contributed by atoms with Crippen LogP contribution in [0.15, 0.2) is 30.3 Å². The van der Waals surface area contributed by atoms with Crippen molar-refractivity contribution < 1.29 is 4.79 Å². The Morgan fingerprint density at radius 2 is 1.94 bits per heavy atom. The van der Waals surface area contributed by atoms with Crippen LogP contribution in [0.2, 0.25) is 0 Å². The lowest BCUT2D eigenvalue weighted by Crippen LogP contribution is -2.28. The van der Waals surface area contributed by atoms with E-state index in [0.717, 1.165) is 15.7 Å². The van der Waals surface area contributed by atoms with E-state index in [1.807, 2.05) is 44.2 Å². The van der Waals surface area contributed by atoms with Gasteiger partial charge in [0, 0.05) is 0 Å². The molecular weight excluding hydrogens is 248 g/mol. The van der Waals surface area contributed by atoms with Gasteiger partial charge in [-0.15, -0.1) is 0 Å². The third-order valence-corrected chi connectivity index (χ3v) is 3.07. The lowest BCUT2D eigenvalue weighted by molar-refractivity contribution is 0.257. The molecule has 0 saturated carbocycles. The molecule has 0 saturated heterocycles. The fourth-order valence-corrected chi connectivity index (χ4v) is 2.16. The number of nitrogens with two attached hydrogens (primary N) is 1. The Hall–Kier alpha value is -1.95. The van der Waals surface area contributed by atoms with Crippen LogP contribution in [0.25, 0.3) is 5.69 Å². The summed E-state index contributed by atoms with van der Waals surface area (Å²) in [5.41, 5.74) is 8.29. The van der Waals surface area contributed by atoms with E-state index in [0.29, 0.717) is 11.4 Å². The maximum atomic E-state index is 11.2. The van der Waals surface area contributed by atoms with E-state index in [9.17, 15) is 4.79 Å². The number of aromatic nitrogens is 2. The fraction of sp³-hybridized carbons (Fsp3) is 0.167. The molecular formula is C12H14N4OS. The van der Waals surface area contributed by atoms with Crippen LogP contribution in [0.5, 0.6) is 0 Å². The largest absolute Gasteiger partial charge is 0.350 e. The van der Waals surface area contributed by atoms with Gasteiger partial charge in [0.2, 0.25) is 0 Å². The summed E-state index contributed by atoms with van der Waals surface area (Å²) in [5, 5.41) is 4.40. The monoisotopic (exact) mass is 262 g/mol. The Labute approximate surface area is 111 Å². The van der Waals surface area contributed by atoms with Crippen molar-refractivity contribution in [2.45, 2.75) is 13.8 Å². The third kappa shape index (κ3) is 2.06. The van der Waals surface area contributed by atoms with Crippen LogP contribution >= 0.6 is 12.8 Å². The smallest absolute Gasteiger partial charge is 0.329 e. The van der Waals surface area contributed by atoms with Crippen LogP contribution in [-0.4, -0.2) is 15.8 Å². The molecule has 0 aliphatic rings. The second kappa shape index (κ2) is 4.73. The molecule has 0 aliphatic carbocycles. The number of anilines is 1. The van der Waals surface area contributed by atoms with Gasteiger partial charge in [-0.05, 0) is 26.0 Å². The summed E-state index contributed by atoms with van der Waals surface area (Å²) in [4.78, 5) is 11.2. The maximum absolute atomic E-state index is 11.2. The first kappa shape index (κ1) is 12.5. The Balaban J connectivity index is 2.54. The lowest BCUT2D eigenvalue weighted by Gasteiger charge is -2.13. The Morgan fingerprint density at radius 1 is 1.33 bits per heavy atom. The van der Waals surface area contributed by atoms with E-state index in [-0.39, 0.29) is 0 Å². The Kier molecular flexibility index (Phi) is 3.29. The lowest BCUT2D eigenvalue weighted by atomic mass is 10.3. The van der Waals surface area contributed by atoms with Crippen LogP contribution in [0.4, 0.5) is 10.5 Å². The SMILES string of the molecule is Cc1nn(-c2ccccc2)c(C)c1N(S)C(N)=O. The molecule has 2 aromatic rings. The normalized spacial score (nSPS) is 10.4. The maximum Gasteiger partial charge on any atom is 0.329 e. The van der Waals surface area contributed by atoms with Crippen molar-refractivity contribution in [2.75, 3.05) is 4.31 Å². The Morgan fingerprint density at radius 3 is 2.50 bits per heavy atom. The van der Waals surface area contributed by atoms with E-state index in [1.165, 1.54) is 0 Å². The van der Waals surface area contributed by atoms with Crippen LogP contribution in [0.1, 0.15) is 11.4 Å². The predicted octanol–water partition coefficient (Wildman–Crippen LogP) is 2.22. The standard InChI is InChI=1S/C12H14N4OS/c1-8-11(16(18)12(13)17)9(2)15(14-8)10-6-4-3-5-7-10/h3-7,18H,1-2H3,(H2,13,17). The topological polar surface area (TPSA) is 64.2 Å². The molecule has 0 bridgehead atoms. The number of benzene rings is 1. The minimum absolute atomic E-state index is 0.620. The summed E-state index contributed by atoms with van der Waals surface area (Å²) in [7, 11) is 0. The molecule has 18 heavy (non-hydrogen) atoms. The molecule has 5 nitrogen and oxygen atoms in total. The molecule has 0 atom stereocenters. The van der Waals surface area contributed by atoms with Crippen LogP contribution < -0.4 is 10.0 Å². The summed E-state index contributed by atoms with van der Waals surface area (Å²) >= 11 is 4.09. The molecule has 2 rings (SSSR count). The number of carbonyl (C=O) groups excluding carboxylic acids is 1. The molecule has 6 heteroatoms. The first-order valence-corrected chi connectivity index (χ1v) is 5.82. The van der Waals surface area contributed by atoms with E-state index < -0.39 is 6.03 Å². The van der Waals surface area contributed by atoms with Crippen LogP contribution in [-0.2, 0) is 0 Å². The fourth-order valence-electron chi connectivity index (χ4n) is 1.87. The summed E-state index contributed by atoms with van der Waals surface area (Å²) < 4.78 is 2.87. The van der Waals surface area contributed by atoms with Gasteiger partial charge in [-0.25, -0.2) is 13.8 Å². The molecule has 1 heterocycles. The highest BCUT2D eigenvalue weighted by molar-refractivity contribution is 7.82. The zero-order valence-corrected chi connectivity index (χ0v) is 11.1. The highest BCUT2D eigenvalue weighted by Crippen LogP contribution is 2.27. The van der Waals surface area contributed by atoms with Crippen molar-refractivity contribution in [1.82, 2.24) is 9.78 Å². The van der Waals surface area contributed by atoms with Crippen molar-refractivity contribution in [3.63, 3.8) is 0 Å². The number of hydrogen-bond acceptors (Lipinski definition) is 3. The minimum Gasteiger partial charge on any atom is -0.350 e. The molecule has 2 amide bonds. The van der Waals surface area contributed by atoms with E-state index >= 15 is 0 Å². The van der Waals surface area contributed by atoms with E-state index in [2.05, 4.69) is 17.9 Å². The molecule has 1 aromatic heterocycles. The van der Waals surface area contributed by atoms with Crippen molar-refractivity contribution in [2.24, 2.45) is 5.73 Å². The first-order chi connectivity index (χ1) is 8.52. The van der Waals surface area contributed by atoms with Gasteiger partial charge in [0.15, 0.2) is 0 Å². The Bertz CT molecular complexity index is 579. The molecule has 1 aromatic carbocycles. The molecule has 0 unspecified atom stereocenters. The van der Waals surface area contributed by atoms with Crippen LogP contribution in [0.3, 0.4) is 0 Å². The summed E-state index contributed by atoms with van der Waals surface area (Å²) in [5.74, 6) is 0. The quantitative estimate of drug-likeness (QED) is 0.815. The first-order valence-electron chi connectivity index (χ1n) is 5.42. The van der Waals surface area contributed by atoms with Crippen molar-refractivity contribution in [1.29, 1.82) is 0 Å². The highest BCUT2D eigenvalue weighted by Gasteiger charge is 2.19. The summed E-state index contributed by atoms with van der Waals surface area (Å²) in [6.45, 7) is 3.68. The second-order valence-corrected chi connectivity index (χ2v) is 4.32. The number of carbonyl (C=O) groups is 1. The van der Waals surface area contributed by atoms with Crippen molar-refractivity contribution >= 4 is 24.5 Å². The van der Waals surface area contributed by atoms with Gasteiger partial charge in [0.1, 0.15) is 5.69 Å². The highest BCUT2D eigenvalue weighted by atomic mass is 32.1. The number of primary amides is 1. The van der Waals surface area contributed by atoms with Gasteiger partial charge in [-0.2, -0.15) is 5.10 Å². The average molecular weight is 262 g/mol. The van der Waals surface area contributed by atoms with E-state index in [1.54, 1.807) is 4.68 Å². The number of amides is 2. The van der Waals surface area contributed by atoms with Crippen LogP contribution in [0, 0.1) is 13.8 Å². The number of rotatable bonds is 2. The zero-order valence-electron chi connectivity index (χ0n) is 10.2. The summed E-state index contributed by atoms with van der Waals surface area (Å²) in [6.07, 6.45) is 0. The number of urea groups is 1. The number of nitrogens with zero attached hydrogens (tertiary/aromatic N) is 3. The number of hydrogen-bond donors (Lipinski definition) is 2. The number of thiol groups is 1. The second-order valence-electron chi connectivity index (χ2n) is 3.92. The number of para-hydroxylation sites is 1. The van der Waals surface area contributed by atoms with Gasteiger partial charge in [0.05, 0.1) is 17.1 Å². The minimum atomic E-state index is -0.628. The van der Waals surface area contributed by atoms with Gasteiger partial charge in [-0.1, -0.05) is 31.0 Å². The van der Waals surface area contributed by atoms with Gasteiger partial charge < -0.3 is 5.73 Å². The molecule has 0 radical (unpaired) electrons. The summed E-state index contributed by atoms with van der Waals surface area (Å²) in [6, 6.07) is 9.05.